The van der Waals surface area contributed by atoms with E-state index in [1.807, 2.05) is 7.05 Å². The van der Waals surface area contributed by atoms with Crippen molar-refractivity contribution in [3.8, 4) is 0 Å². The molecule has 0 radical (unpaired) electrons. The van der Waals surface area contributed by atoms with Gasteiger partial charge in [0.2, 0.25) is 0 Å². The fourth-order valence-electron chi connectivity index (χ4n) is 1.61. The maximum Gasteiger partial charge on any atom is 0.117 e. The van der Waals surface area contributed by atoms with E-state index in [0.717, 1.165) is 25.8 Å². The highest BCUT2D eigenvalue weighted by atomic mass is 32.1. The van der Waals surface area contributed by atoms with Crippen LogP contribution < -0.4 is 5.32 Å². The van der Waals surface area contributed by atoms with Crippen molar-refractivity contribution in [1.82, 2.24) is 15.5 Å². The number of rotatable bonds is 9. The minimum Gasteiger partial charge on any atom is -0.320 e. The van der Waals surface area contributed by atoms with Crippen LogP contribution in [0.1, 0.15) is 49.0 Å². The molecule has 3 nitrogen and oxygen atoms in total. The lowest BCUT2D eigenvalue weighted by Gasteiger charge is -1.95. The molecule has 16 heavy (non-hydrogen) atoms. The molecule has 0 saturated carbocycles. The standard InChI is InChI=1S/C12H23N3S/c1-3-4-5-6-8-11-14-15-12(16-11)9-7-10-13-2/h13H,3-10H2,1-2H3. The summed E-state index contributed by atoms with van der Waals surface area (Å²) >= 11 is 1.79. The number of aryl methyl sites for hydroxylation is 2. The van der Waals surface area contributed by atoms with E-state index < -0.39 is 0 Å². The molecule has 4 heteroatoms. The first-order chi connectivity index (χ1) is 7.86. The summed E-state index contributed by atoms with van der Waals surface area (Å²) in [6.45, 7) is 3.30. The maximum absolute atomic E-state index is 4.24. The summed E-state index contributed by atoms with van der Waals surface area (Å²) in [5.74, 6) is 0. The monoisotopic (exact) mass is 241 g/mol. The van der Waals surface area contributed by atoms with Crippen LogP contribution in [0.5, 0.6) is 0 Å². The van der Waals surface area contributed by atoms with Crippen LogP contribution in [-0.2, 0) is 12.8 Å². The molecule has 0 spiro atoms. The molecule has 0 aromatic carbocycles. The predicted molar refractivity (Wildman–Crippen MR) is 70.0 cm³/mol. The number of nitrogens with zero attached hydrogens (tertiary/aromatic N) is 2. The lowest BCUT2D eigenvalue weighted by Crippen LogP contribution is -2.08. The summed E-state index contributed by atoms with van der Waals surface area (Å²) in [5.41, 5.74) is 0. The minimum absolute atomic E-state index is 1.06. The number of nitrogens with one attached hydrogen (secondary N) is 1. The molecule has 0 aliphatic heterocycles. The van der Waals surface area contributed by atoms with Gasteiger partial charge in [0.15, 0.2) is 0 Å². The van der Waals surface area contributed by atoms with Crippen LogP contribution in [0.2, 0.25) is 0 Å². The van der Waals surface area contributed by atoms with Crippen molar-refractivity contribution in [2.75, 3.05) is 13.6 Å². The van der Waals surface area contributed by atoms with Crippen LogP contribution in [0.15, 0.2) is 0 Å². The Kier molecular flexibility index (Phi) is 7.34. The van der Waals surface area contributed by atoms with Crippen LogP contribution in [-0.4, -0.2) is 23.8 Å². The molecular formula is C12H23N3S. The second-order valence-corrected chi connectivity index (χ2v) is 5.25. The highest BCUT2D eigenvalue weighted by molar-refractivity contribution is 7.11. The van der Waals surface area contributed by atoms with E-state index in [1.54, 1.807) is 11.3 Å². The molecule has 0 aliphatic rings. The number of unbranched alkanes of at least 4 members (excludes halogenated alkanes) is 3. The van der Waals surface area contributed by atoms with Gasteiger partial charge in [-0.2, -0.15) is 0 Å². The Morgan fingerprint density at radius 2 is 1.69 bits per heavy atom. The van der Waals surface area contributed by atoms with Gasteiger partial charge in [0, 0.05) is 12.8 Å². The Balaban J connectivity index is 2.17. The van der Waals surface area contributed by atoms with E-state index in [4.69, 9.17) is 0 Å². The maximum atomic E-state index is 4.24. The summed E-state index contributed by atoms with van der Waals surface area (Å²) in [6.07, 6.45) is 8.56. The fourth-order valence-corrected chi connectivity index (χ4v) is 2.54. The predicted octanol–water partition coefficient (Wildman–Crippen LogP) is 2.81. The van der Waals surface area contributed by atoms with Gasteiger partial charge in [-0.25, -0.2) is 0 Å². The number of hydrogen-bond donors (Lipinski definition) is 1. The van der Waals surface area contributed by atoms with Gasteiger partial charge in [0.1, 0.15) is 10.0 Å². The smallest absolute Gasteiger partial charge is 0.117 e. The second-order valence-electron chi connectivity index (χ2n) is 4.11. The van der Waals surface area contributed by atoms with Gasteiger partial charge >= 0.3 is 0 Å². The minimum atomic E-state index is 1.06. The first-order valence-corrected chi connectivity index (χ1v) is 7.14. The topological polar surface area (TPSA) is 37.8 Å². The Morgan fingerprint density at radius 1 is 1.00 bits per heavy atom. The van der Waals surface area contributed by atoms with E-state index in [-0.39, 0.29) is 0 Å². The van der Waals surface area contributed by atoms with Gasteiger partial charge in [0.05, 0.1) is 0 Å². The highest BCUT2D eigenvalue weighted by Gasteiger charge is 2.03. The zero-order valence-electron chi connectivity index (χ0n) is 10.5. The van der Waals surface area contributed by atoms with Crippen LogP contribution in [0.3, 0.4) is 0 Å². The van der Waals surface area contributed by atoms with Gasteiger partial charge in [-0.15, -0.1) is 21.5 Å². The molecule has 1 heterocycles. The van der Waals surface area contributed by atoms with Gasteiger partial charge < -0.3 is 5.32 Å². The van der Waals surface area contributed by atoms with Crippen LogP contribution in [0, 0.1) is 0 Å². The highest BCUT2D eigenvalue weighted by Crippen LogP contribution is 2.14. The van der Waals surface area contributed by atoms with Crippen LogP contribution in [0.25, 0.3) is 0 Å². The van der Waals surface area contributed by atoms with E-state index in [0.29, 0.717) is 0 Å². The van der Waals surface area contributed by atoms with Gasteiger partial charge in [-0.1, -0.05) is 26.2 Å². The summed E-state index contributed by atoms with van der Waals surface area (Å²) in [5, 5.41) is 14.0. The Labute approximate surface area is 103 Å². The van der Waals surface area contributed by atoms with Crippen molar-refractivity contribution < 1.29 is 0 Å². The first kappa shape index (κ1) is 13.6. The lowest BCUT2D eigenvalue weighted by molar-refractivity contribution is 0.662. The summed E-state index contributed by atoms with van der Waals surface area (Å²) in [6, 6.07) is 0. The molecule has 0 fully saturated rings. The summed E-state index contributed by atoms with van der Waals surface area (Å²) in [7, 11) is 1.99. The molecule has 1 rings (SSSR count). The van der Waals surface area contributed by atoms with Crippen molar-refractivity contribution in [1.29, 1.82) is 0 Å². The van der Waals surface area contributed by atoms with Crippen molar-refractivity contribution in [2.24, 2.45) is 0 Å². The number of hydrogen-bond acceptors (Lipinski definition) is 4. The van der Waals surface area contributed by atoms with E-state index in [1.165, 1.54) is 35.7 Å². The van der Waals surface area contributed by atoms with Gasteiger partial charge in [-0.3, -0.25) is 0 Å². The lowest BCUT2D eigenvalue weighted by atomic mass is 10.2. The average Bonchev–Trinajstić information content (AvgIpc) is 2.73. The molecule has 92 valence electrons. The van der Waals surface area contributed by atoms with Crippen molar-refractivity contribution in [3.05, 3.63) is 10.0 Å². The molecule has 0 bridgehead atoms. The van der Waals surface area contributed by atoms with Crippen molar-refractivity contribution in [3.63, 3.8) is 0 Å². The average molecular weight is 241 g/mol. The first-order valence-electron chi connectivity index (χ1n) is 6.32. The third-order valence-corrected chi connectivity index (χ3v) is 3.61. The molecule has 1 aromatic heterocycles. The summed E-state index contributed by atoms with van der Waals surface area (Å²) < 4.78 is 0. The Hall–Kier alpha value is -0.480. The van der Waals surface area contributed by atoms with Crippen molar-refractivity contribution >= 4 is 11.3 Å². The van der Waals surface area contributed by atoms with Gasteiger partial charge in [0.25, 0.3) is 0 Å². The molecule has 0 aliphatic carbocycles. The third-order valence-electron chi connectivity index (χ3n) is 2.57. The normalized spacial score (nSPS) is 10.9. The van der Waals surface area contributed by atoms with Crippen molar-refractivity contribution in [2.45, 2.75) is 51.9 Å². The number of aromatic nitrogens is 2. The van der Waals surface area contributed by atoms with E-state index in [2.05, 4.69) is 22.4 Å². The molecule has 1 aromatic rings. The van der Waals surface area contributed by atoms with E-state index >= 15 is 0 Å². The molecule has 0 atom stereocenters. The van der Waals surface area contributed by atoms with Crippen LogP contribution in [0.4, 0.5) is 0 Å². The molecule has 0 saturated heterocycles. The molecule has 0 amide bonds. The largest absolute Gasteiger partial charge is 0.320 e. The molecule has 0 unspecified atom stereocenters. The van der Waals surface area contributed by atoms with Gasteiger partial charge in [-0.05, 0) is 26.4 Å². The second kappa shape index (κ2) is 8.65. The fraction of sp³-hybridized carbons (Fsp3) is 0.833. The Bertz CT molecular complexity index is 273. The van der Waals surface area contributed by atoms with E-state index in [9.17, 15) is 0 Å². The molecule has 1 N–H and O–H groups in total. The Morgan fingerprint density at radius 3 is 2.31 bits per heavy atom. The third kappa shape index (κ3) is 5.56. The zero-order chi connectivity index (χ0) is 11.6. The molecular weight excluding hydrogens is 218 g/mol. The quantitative estimate of drug-likeness (QED) is 0.676. The SMILES string of the molecule is CCCCCCc1nnc(CCCNC)s1. The summed E-state index contributed by atoms with van der Waals surface area (Å²) in [4.78, 5) is 0. The van der Waals surface area contributed by atoms with Crippen LogP contribution >= 0.6 is 11.3 Å². The zero-order valence-corrected chi connectivity index (χ0v) is 11.3.